The highest BCUT2D eigenvalue weighted by atomic mass is 32.1. The van der Waals surface area contributed by atoms with Crippen LogP contribution in [0.15, 0.2) is 0 Å². The lowest BCUT2D eigenvalue weighted by Crippen LogP contribution is -2.55. The van der Waals surface area contributed by atoms with Crippen LogP contribution in [0.3, 0.4) is 0 Å². The molecule has 0 aromatic carbocycles. The first-order chi connectivity index (χ1) is 8.29. The smallest absolute Gasteiger partial charge is 0.235 e. The molecule has 4 nitrogen and oxygen atoms in total. The van der Waals surface area contributed by atoms with Gasteiger partial charge in [0.15, 0.2) is 0 Å². The van der Waals surface area contributed by atoms with Gasteiger partial charge in [-0.2, -0.15) is 0 Å². The Morgan fingerprint density at radius 2 is 2.22 bits per heavy atom. The number of ether oxygens (including phenoxy) is 1. The molecule has 1 aliphatic rings. The molecule has 0 radical (unpaired) electrons. The van der Waals surface area contributed by atoms with Crippen LogP contribution in [0.5, 0.6) is 0 Å². The molecule has 2 unspecified atom stereocenters. The Labute approximate surface area is 115 Å². The predicted molar refractivity (Wildman–Crippen MR) is 76.4 cm³/mol. The second-order valence-corrected chi connectivity index (χ2v) is 5.97. The van der Waals surface area contributed by atoms with Crippen molar-refractivity contribution in [3.05, 3.63) is 0 Å². The first-order valence-corrected chi connectivity index (χ1v) is 6.84. The minimum absolute atomic E-state index is 0.0282. The number of rotatable bonds is 4. The summed E-state index contributed by atoms with van der Waals surface area (Å²) in [7, 11) is 1.70. The average Bonchev–Trinajstić information content (AvgIpc) is 2.36. The van der Waals surface area contributed by atoms with Crippen LogP contribution in [0.4, 0.5) is 0 Å². The van der Waals surface area contributed by atoms with E-state index < -0.39 is 5.41 Å². The Morgan fingerprint density at radius 1 is 1.61 bits per heavy atom. The first kappa shape index (κ1) is 15.4. The number of hydrogen-bond donors (Lipinski definition) is 1. The fourth-order valence-corrected chi connectivity index (χ4v) is 2.56. The normalized spacial score (nSPS) is 27.7. The Balaban J connectivity index is 2.87. The summed E-state index contributed by atoms with van der Waals surface area (Å²) in [6, 6.07) is 0. The van der Waals surface area contributed by atoms with Gasteiger partial charge in [-0.1, -0.05) is 19.1 Å². The Bertz CT molecular complexity index is 348. The van der Waals surface area contributed by atoms with Crippen LogP contribution < -0.4 is 5.73 Å². The highest BCUT2D eigenvalue weighted by Crippen LogP contribution is 2.30. The maximum atomic E-state index is 12.6. The molecular formula is C13H24N2O2S. The third-order valence-corrected chi connectivity index (χ3v) is 4.61. The molecule has 18 heavy (non-hydrogen) atoms. The lowest BCUT2D eigenvalue weighted by molar-refractivity contribution is -0.145. The van der Waals surface area contributed by atoms with E-state index in [0.29, 0.717) is 13.0 Å². The molecule has 2 N–H and O–H groups in total. The summed E-state index contributed by atoms with van der Waals surface area (Å²) in [6.45, 7) is 7.18. The van der Waals surface area contributed by atoms with Gasteiger partial charge in [-0.25, -0.2) is 0 Å². The van der Waals surface area contributed by atoms with Gasteiger partial charge in [-0.05, 0) is 33.1 Å². The molecule has 104 valence electrons. The Morgan fingerprint density at radius 3 is 2.67 bits per heavy atom. The average molecular weight is 272 g/mol. The van der Waals surface area contributed by atoms with Gasteiger partial charge in [0.1, 0.15) is 0 Å². The summed E-state index contributed by atoms with van der Waals surface area (Å²) >= 11 is 5.06. The highest BCUT2D eigenvalue weighted by molar-refractivity contribution is 7.80. The quantitative estimate of drug-likeness (QED) is 0.792. The van der Waals surface area contributed by atoms with Crippen molar-refractivity contribution in [3.63, 3.8) is 0 Å². The van der Waals surface area contributed by atoms with E-state index in [1.807, 2.05) is 25.7 Å². The van der Waals surface area contributed by atoms with Gasteiger partial charge in [-0.15, -0.1) is 0 Å². The molecule has 1 amide bonds. The lowest BCUT2D eigenvalue weighted by atomic mass is 9.84. The van der Waals surface area contributed by atoms with E-state index in [2.05, 4.69) is 0 Å². The molecule has 1 aliphatic heterocycles. The van der Waals surface area contributed by atoms with E-state index in [9.17, 15) is 4.79 Å². The fourth-order valence-electron chi connectivity index (χ4n) is 2.33. The number of nitrogens with two attached hydrogens (primary N) is 1. The van der Waals surface area contributed by atoms with Crippen LogP contribution in [0.25, 0.3) is 0 Å². The Kier molecular flexibility index (Phi) is 4.72. The molecule has 0 aromatic heterocycles. The van der Waals surface area contributed by atoms with E-state index in [4.69, 9.17) is 22.7 Å². The Hall–Kier alpha value is -0.680. The van der Waals surface area contributed by atoms with Gasteiger partial charge in [0.2, 0.25) is 5.91 Å². The molecule has 1 saturated heterocycles. The van der Waals surface area contributed by atoms with Crippen molar-refractivity contribution in [1.82, 2.24) is 4.90 Å². The second-order valence-electron chi connectivity index (χ2n) is 5.53. The van der Waals surface area contributed by atoms with E-state index in [-0.39, 0.29) is 16.5 Å². The minimum atomic E-state index is -0.735. The number of likely N-dealkylation sites (tertiary alicyclic amines) is 1. The standard InChI is InChI=1S/C13H24N2O2S/c1-5-13(3,10(14)18)11(16)15-8-6-7-12(2,9-15)17-4/h5-9H2,1-4H3,(H2,14,18). The van der Waals surface area contributed by atoms with Gasteiger partial charge < -0.3 is 15.4 Å². The molecule has 0 spiro atoms. The molecule has 1 heterocycles. The van der Waals surface area contributed by atoms with E-state index in [1.54, 1.807) is 7.11 Å². The van der Waals surface area contributed by atoms with Crippen molar-refractivity contribution in [2.75, 3.05) is 20.2 Å². The van der Waals surface area contributed by atoms with Crippen molar-refractivity contribution in [2.24, 2.45) is 11.1 Å². The van der Waals surface area contributed by atoms with Crippen LogP contribution in [0.2, 0.25) is 0 Å². The number of carbonyl (C=O) groups is 1. The highest BCUT2D eigenvalue weighted by Gasteiger charge is 2.41. The monoisotopic (exact) mass is 272 g/mol. The molecular weight excluding hydrogens is 248 g/mol. The summed E-state index contributed by atoms with van der Waals surface area (Å²) in [5, 5.41) is 0. The number of nitrogens with zero attached hydrogens (tertiary/aromatic N) is 1. The van der Waals surface area contributed by atoms with Gasteiger partial charge in [-0.3, -0.25) is 4.79 Å². The zero-order valence-corrected chi connectivity index (χ0v) is 12.6. The number of thiocarbonyl (C=S) groups is 1. The van der Waals surface area contributed by atoms with Crippen LogP contribution in [0, 0.1) is 5.41 Å². The summed E-state index contributed by atoms with van der Waals surface area (Å²) in [6.07, 6.45) is 2.55. The summed E-state index contributed by atoms with van der Waals surface area (Å²) < 4.78 is 5.51. The van der Waals surface area contributed by atoms with Crippen molar-refractivity contribution in [2.45, 2.75) is 45.6 Å². The second kappa shape index (κ2) is 5.53. The topological polar surface area (TPSA) is 55.6 Å². The number of hydrogen-bond acceptors (Lipinski definition) is 3. The SMILES string of the molecule is CCC(C)(C(=O)N1CCCC(C)(OC)C1)C(N)=S. The van der Waals surface area contributed by atoms with E-state index >= 15 is 0 Å². The van der Waals surface area contributed by atoms with Crippen molar-refractivity contribution < 1.29 is 9.53 Å². The molecule has 1 rings (SSSR count). The zero-order valence-electron chi connectivity index (χ0n) is 11.8. The lowest BCUT2D eigenvalue weighted by Gasteiger charge is -2.42. The van der Waals surface area contributed by atoms with Crippen molar-refractivity contribution >= 4 is 23.1 Å². The van der Waals surface area contributed by atoms with Crippen LogP contribution in [0.1, 0.15) is 40.0 Å². The van der Waals surface area contributed by atoms with Gasteiger partial charge in [0.05, 0.1) is 16.0 Å². The van der Waals surface area contributed by atoms with Crippen LogP contribution >= 0.6 is 12.2 Å². The summed E-state index contributed by atoms with van der Waals surface area (Å²) in [4.78, 5) is 14.7. The van der Waals surface area contributed by atoms with Gasteiger partial charge in [0, 0.05) is 20.2 Å². The van der Waals surface area contributed by atoms with E-state index in [0.717, 1.165) is 19.4 Å². The molecule has 0 bridgehead atoms. The summed E-state index contributed by atoms with van der Waals surface area (Å²) in [5.41, 5.74) is 4.76. The number of piperidine rings is 1. The van der Waals surface area contributed by atoms with Gasteiger partial charge >= 0.3 is 0 Å². The van der Waals surface area contributed by atoms with Gasteiger partial charge in [0.25, 0.3) is 0 Å². The fraction of sp³-hybridized carbons (Fsp3) is 0.846. The molecule has 0 saturated carbocycles. The van der Waals surface area contributed by atoms with E-state index in [1.165, 1.54) is 0 Å². The number of carbonyl (C=O) groups excluding carboxylic acids is 1. The minimum Gasteiger partial charge on any atom is -0.392 e. The van der Waals surface area contributed by atoms with Crippen LogP contribution in [-0.2, 0) is 9.53 Å². The van der Waals surface area contributed by atoms with Crippen molar-refractivity contribution in [1.29, 1.82) is 0 Å². The third-order valence-electron chi connectivity index (χ3n) is 4.16. The third kappa shape index (κ3) is 2.83. The molecule has 0 aliphatic carbocycles. The molecule has 0 aromatic rings. The summed E-state index contributed by atoms with van der Waals surface area (Å²) in [5.74, 6) is 0.0282. The molecule has 1 fully saturated rings. The first-order valence-electron chi connectivity index (χ1n) is 6.43. The maximum Gasteiger partial charge on any atom is 0.235 e. The zero-order chi connectivity index (χ0) is 14.0. The number of methoxy groups -OCH3 is 1. The predicted octanol–water partition coefficient (Wildman–Crippen LogP) is 1.72. The van der Waals surface area contributed by atoms with Crippen molar-refractivity contribution in [3.8, 4) is 0 Å². The molecule has 2 atom stereocenters. The molecule has 5 heteroatoms. The largest absolute Gasteiger partial charge is 0.392 e. The van der Waals surface area contributed by atoms with Crippen LogP contribution in [-0.4, -0.2) is 41.6 Å². The number of amides is 1. The maximum absolute atomic E-state index is 12.6.